The summed E-state index contributed by atoms with van der Waals surface area (Å²) in [5.74, 6) is 0.927. The van der Waals surface area contributed by atoms with Crippen molar-refractivity contribution in [3.63, 3.8) is 0 Å². The van der Waals surface area contributed by atoms with E-state index in [-0.39, 0.29) is 6.10 Å². The number of rotatable bonds is 6. The number of hydrogen-bond donors (Lipinski definition) is 0. The predicted octanol–water partition coefficient (Wildman–Crippen LogP) is 5.71. The molecule has 1 atom stereocenters. The minimum absolute atomic E-state index is 0.141. The van der Waals surface area contributed by atoms with Gasteiger partial charge >= 0.3 is 0 Å². The van der Waals surface area contributed by atoms with Crippen LogP contribution in [0.4, 0.5) is 0 Å². The Hall–Kier alpha value is -1.77. The molecule has 0 amide bonds. The number of thioether (sulfide) groups is 1. The molecule has 0 aliphatic heterocycles. The summed E-state index contributed by atoms with van der Waals surface area (Å²) in [7, 11) is 0. The van der Waals surface area contributed by atoms with Gasteiger partial charge in [0.15, 0.2) is 0 Å². The third-order valence-corrected chi connectivity index (χ3v) is 4.72. The molecule has 0 fully saturated rings. The molecule has 1 unspecified atom stereocenters. The van der Waals surface area contributed by atoms with Crippen molar-refractivity contribution in [3.8, 4) is 0 Å². The Balaban J connectivity index is 1.73. The minimum atomic E-state index is 0.141. The van der Waals surface area contributed by atoms with Crippen LogP contribution >= 0.6 is 11.8 Å². The molecule has 3 aromatic carbocycles. The Labute approximate surface area is 136 Å². The molecule has 0 radical (unpaired) electrons. The molecular formula is C20H20OS. The number of fused-ring (bicyclic) bond motifs is 1. The molecule has 0 aliphatic carbocycles. The van der Waals surface area contributed by atoms with Gasteiger partial charge in [0.1, 0.15) is 0 Å². The van der Waals surface area contributed by atoms with Crippen LogP contribution in [0.1, 0.15) is 18.6 Å². The minimum Gasteiger partial charge on any atom is -0.373 e. The Morgan fingerprint density at radius 2 is 1.59 bits per heavy atom. The molecule has 0 saturated heterocycles. The van der Waals surface area contributed by atoms with Crippen molar-refractivity contribution >= 4 is 22.5 Å². The zero-order valence-corrected chi connectivity index (χ0v) is 13.6. The highest BCUT2D eigenvalue weighted by molar-refractivity contribution is 7.99. The Morgan fingerprint density at radius 1 is 0.864 bits per heavy atom. The summed E-state index contributed by atoms with van der Waals surface area (Å²) in [5.41, 5.74) is 1.25. The summed E-state index contributed by atoms with van der Waals surface area (Å²) in [6.45, 7) is 2.79. The lowest BCUT2D eigenvalue weighted by Gasteiger charge is -2.17. The van der Waals surface area contributed by atoms with E-state index < -0.39 is 0 Å². The standard InChI is InChI=1S/C20H20OS/c1-2-21-20(17-9-4-3-5-10-17)15-22-19-13-12-16-8-6-7-11-18(16)14-19/h3-14,20H,2,15H2,1H3. The molecule has 0 heterocycles. The van der Waals surface area contributed by atoms with Crippen molar-refractivity contribution in [1.82, 2.24) is 0 Å². The van der Waals surface area contributed by atoms with Crippen LogP contribution in [0.25, 0.3) is 10.8 Å². The first kappa shape index (κ1) is 15.1. The van der Waals surface area contributed by atoms with Gasteiger partial charge in [-0.2, -0.15) is 0 Å². The van der Waals surface area contributed by atoms with Gasteiger partial charge in [-0.05, 0) is 35.4 Å². The maximum Gasteiger partial charge on any atom is 0.0918 e. The van der Waals surface area contributed by atoms with Crippen LogP contribution in [0.2, 0.25) is 0 Å². The molecule has 0 spiro atoms. The summed E-state index contributed by atoms with van der Waals surface area (Å²) in [6.07, 6.45) is 0.141. The largest absolute Gasteiger partial charge is 0.373 e. The maximum atomic E-state index is 5.92. The summed E-state index contributed by atoms with van der Waals surface area (Å²) in [5, 5.41) is 2.58. The lowest BCUT2D eigenvalue weighted by atomic mass is 10.1. The second kappa shape index (κ2) is 7.48. The van der Waals surface area contributed by atoms with Gasteiger partial charge in [-0.25, -0.2) is 0 Å². The summed E-state index contributed by atoms with van der Waals surface area (Å²) >= 11 is 1.85. The van der Waals surface area contributed by atoms with Crippen LogP contribution in [0.3, 0.4) is 0 Å². The topological polar surface area (TPSA) is 9.23 Å². The predicted molar refractivity (Wildman–Crippen MR) is 95.5 cm³/mol. The van der Waals surface area contributed by atoms with E-state index in [1.807, 2.05) is 17.8 Å². The first-order valence-corrected chi connectivity index (χ1v) is 8.63. The first-order chi connectivity index (χ1) is 10.9. The molecule has 0 saturated carbocycles. The van der Waals surface area contributed by atoms with Crippen LogP contribution in [-0.4, -0.2) is 12.4 Å². The molecule has 0 aromatic heterocycles. The van der Waals surface area contributed by atoms with E-state index in [9.17, 15) is 0 Å². The molecule has 0 bridgehead atoms. The lowest BCUT2D eigenvalue weighted by Crippen LogP contribution is -2.06. The van der Waals surface area contributed by atoms with Gasteiger partial charge in [0.2, 0.25) is 0 Å². The number of benzene rings is 3. The van der Waals surface area contributed by atoms with Gasteiger partial charge in [0.05, 0.1) is 6.10 Å². The van der Waals surface area contributed by atoms with Crippen molar-refractivity contribution in [1.29, 1.82) is 0 Å². The smallest absolute Gasteiger partial charge is 0.0918 e. The molecule has 3 aromatic rings. The zero-order valence-electron chi connectivity index (χ0n) is 12.7. The second-order valence-corrected chi connectivity index (χ2v) is 6.27. The molecule has 1 nitrogen and oxygen atoms in total. The molecule has 22 heavy (non-hydrogen) atoms. The normalized spacial score (nSPS) is 12.4. The average Bonchev–Trinajstić information content (AvgIpc) is 2.59. The van der Waals surface area contributed by atoms with Crippen LogP contribution in [0, 0.1) is 0 Å². The second-order valence-electron chi connectivity index (χ2n) is 5.17. The lowest BCUT2D eigenvalue weighted by molar-refractivity contribution is 0.0798. The molecule has 112 valence electrons. The highest BCUT2D eigenvalue weighted by atomic mass is 32.2. The van der Waals surface area contributed by atoms with E-state index in [4.69, 9.17) is 4.74 Å². The van der Waals surface area contributed by atoms with E-state index >= 15 is 0 Å². The van der Waals surface area contributed by atoms with E-state index in [0.717, 1.165) is 12.4 Å². The summed E-state index contributed by atoms with van der Waals surface area (Å²) < 4.78 is 5.92. The number of ether oxygens (including phenoxy) is 1. The molecular weight excluding hydrogens is 288 g/mol. The van der Waals surface area contributed by atoms with Crippen molar-refractivity contribution in [2.75, 3.05) is 12.4 Å². The van der Waals surface area contributed by atoms with E-state index in [1.165, 1.54) is 21.2 Å². The quantitative estimate of drug-likeness (QED) is 0.539. The highest BCUT2D eigenvalue weighted by Gasteiger charge is 2.11. The van der Waals surface area contributed by atoms with Gasteiger partial charge in [-0.1, -0.05) is 60.7 Å². The van der Waals surface area contributed by atoms with Gasteiger partial charge in [0, 0.05) is 17.3 Å². The zero-order chi connectivity index (χ0) is 15.2. The van der Waals surface area contributed by atoms with Crippen LogP contribution in [0.5, 0.6) is 0 Å². The molecule has 0 aliphatic rings. The molecule has 2 heteroatoms. The average molecular weight is 308 g/mol. The van der Waals surface area contributed by atoms with Crippen molar-refractivity contribution in [2.24, 2.45) is 0 Å². The summed E-state index contributed by atoms with van der Waals surface area (Å²) in [6, 6.07) is 25.6. The fourth-order valence-electron chi connectivity index (χ4n) is 2.54. The van der Waals surface area contributed by atoms with Crippen LogP contribution in [-0.2, 0) is 4.74 Å². The molecule has 0 N–H and O–H groups in total. The van der Waals surface area contributed by atoms with Crippen molar-refractivity contribution in [3.05, 3.63) is 78.4 Å². The van der Waals surface area contributed by atoms with Crippen molar-refractivity contribution in [2.45, 2.75) is 17.9 Å². The Bertz CT molecular complexity index is 724. The third-order valence-electron chi connectivity index (χ3n) is 3.66. The third kappa shape index (κ3) is 3.70. The number of hydrogen-bond acceptors (Lipinski definition) is 2. The maximum absolute atomic E-state index is 5.92. The first-order valence-electron chi connectivity index (χ1n) is 7.65. The van der Waals surface area contributed by atoms with E-state index in [1.54, 1.807) is 0 Å². The van der Waals surface area contributed by atoms with Crippen LogP contribution < -0.4 is 0 Å². The summed E-state index contributed by atoms with van der Waals surface area (Å²) in [4.78, 5) is 1.29. The van der Waals surface area contributed by atoms with E-state index in [2.05, 4.69) is 73.7 Å². The SMILES string of the molecule is CCOC(CSc1ccc2ccccc2c1)c1ccccc1. The van der Waals surface area contributed by atoms with Crippen LogP contribution in [0.15, 0.2) is 77.7 Å². The fourth-order valence-corrected chi connectivity index (χ4v) is 3.55. The highest BCUT2D eigenvalue weighted by Crippen LogP contribution is 2.29. The monoisotopic (exact) mass is 308 g/mol. The molecule has 3 rings (SSSR count). The Morgan fingerprint density at radius 3 is 2.36 bits per heavy atom. The van der Waals surface area contributed by atoms with Gasteiger partial charge in [-0.15, -0.1) is 11.8 Å². The van der Waals surface area contributed by atoms with Crippen molar-refractivity contribution < 1.29 is 4.74 Å². The van der Waals surface area contributed by atoms with Gasteiger partial charge in [-0.3, -0.25) is 0 Å². The Kier molecular flexibility index (Phi) is 5.15. The fraction of sp³-hybridized carbons (Fsp3) is 0.200. The van der Waals surface area contributed by atoms with Gasteiger partial charge < -0.3 is 4.74 Å². The van der Waals surface area contributed by atoms with Gasteiger partial charge in [0.25, 0.3) is 0 Å². The van der Waals surface area contributed by atoms with E-state index in [0.29, 0.717) is 0 Å².